The zero-order valence-electron chi connectivity index (χ0n) is 17.7. The Morgan fingerprint density at radius 2 is 1.90 bits per heavy atom. The molecular weight excluding hydrogens is 406 g/mol. The minimum Gasteiger partial charge on any atom is -0.465 e. The summed E-state index contributed by atoms with van der Waals surface area (Å²) in [5, 5.41) is 8.61. The molecule has 30 heavy (non-hydrogen) atoms. The van der Waals surface area contributed by atoms with Crippen molar-refractivity contribution >= 4 is 34.7 Å². The van der Waals surface area contributed by atoms with E-state index in [1.165, 1.54) is 24.7 Å². The highest BCUT2D eigenvalue weighted by Crippen LogP contribution is 2.29. The number of piperidine rings is 1. The van der Waals surface area contributed by atoms with Gasteiger partial charge in [0.25, 0.3) is 5.91 Å². The van der Waals surface area contributed by atoms with Gasteiger partial charge in [-0.25, -0.2) is 4.79 Å². The highest BCUT2D eigenvalue weighted by atomic mass is 32.1. The van der Waals surface area contributed by atoms with Gasteiger partial charge in [0.2, 0.25) is 0 Å². The van der Waals surface area contributed by atoms with Crippen LogP contribution < -0.4 is 5.32 Å². The molecule has 3 rings (SSSR count). The summed E-state index contributed by atoms with van der Waals surface area (Å²) in [6.45, 7) is 5.74. The summed E-state index contributed by atoms with van der Waals surface area (Å²) in [4.78, 5) is 38.1. The fraction of sp³-hybridized carbons (Fsp3) is 0.524. The number of carbonyl (C=O) groups is 3. The summed E-state index contributed by atoms with van der Waals surface area (Å²) in [6.07, 6.45) is 4.81. The number of hydrogen-bond acceptors (Lipinski definition) is 7. The van der Waals surface area contributed by atoms with Crippen molar-refractivity contribution in [2.45, 2.75) is 39.5 Å². The van der Waals surface area contributed by atoms with Crippen LogP contribution >= 0.6 is 11.3 Å². The molecule has 0 spiro atoms. The molecule has 0 unspecified atom stereocenters. The number of ether oxygens (including phenoxy) is 1. The van der Waals surface area contributed by atoms with Crippen LogP contribution in [0.5, 0.6) is 0 Å². The monoisotopic (exact) mass is 434 g/mol. The maximum absolute atomic E-state index is 12.9. The molecule has 0 atom stereocenters. The molecule has 9 heteroatoms. The van der Waals surface area contributed by atoms with E-state index in [-0.39, 0.29) is 31.2 Å². The lowest BCUT2D eigenvalue weighted by atomic mass is 10.0. The third-order valence-electron chi connectivity index (χ3n) is 5.58. The summed E-state index contributed by atoms with van der Waals surface area (Å²) in [5.41, 5.74) is 2.82. The smallest absolute Gasteiger partial charge is 0.350 e. The van der Waals surface area contributed by atoms with E-state index in [0.29, 0.717) is 20.7 Å². The fourth-order valence-corrected chi connectivity index (χ4v) is 4.90. The molecule has 1 fully saturated rings. The summed E-state index contributed by atoms with van der Waals surface area (Å²) in [7, 11) is 1.32. The molecule has 8 nitrogen and oxygen atoms in total. The minimum absolute atomic E-state index is 0.0451. The molecule has 162 valence electrons. The van der Waals surface area contributed by atoms with E-state index in [2.05, 4.69) is 10.5 Å². The number of nitrogens with zero attached hydrogens (tertiary/aromatic N) is 2. The van der Waals surface area contributed by atoms with Gasteiger partial charge in [-0.3, -0.25) is 9.59 Å². The SMILES string of the molecule is COC(=O)c1scc(C)c1NC(=O)C[N+]1(CC(=O)Cc2nocc2C)CCCCC1. The van der Waals surface area contributed by atoms with E-state index in [4.69, 9.17) is 9.26 Å². The van der Waals surface area contributed by atoms with E-state index in [0.717, 1.165) is 43.5 Å². The summed E-state index contributed by atoms with van der Waals surface area (Å²) in [5.74, 6) is -0.624. The highest BCUT2D eigenvalue weighted by Gasteiger charge is 2.35. The second kappa shape index (κ2) is 9.53. The Morgan fingerprint density at radius 3 is 2.53 bits per heavy atom. The second-order valence-corrected chi connectivity index (χ2v) is 8.87. The first kappa shape index (κ1) is 22.2. The number of Topliss-reactive ketones (excluding diaryl/α,β-unsaturated/α-hetero) is 1. The molecule has 0 aromatic carbocycles. The van der Waals surface area contributed by atoms with Crippen LogP contribution in [0.15, 0.2) is 16.2 Å². The number of aromatic nitrogens is 1. The first-order valence-electron chi connectivity index (χ1n) is 10.1. The van der Waals surface area contributed by atoms with Crippen molar-refractivity contribution in [3.8, 4) is 0 Å². The molecule has 1 aliphatic heterocycles. The van der Waals surface area contributed by atoms with E-state index >= 15 is 0 Å². The predicted molar refractivity (Wildman–Crippen MR) is 113 cm³/mol. The number of aryl methyl sites for hydroxylation is 2. The number of nitrogens with one attached hydrogen (secondary N) is 1. The summed E-state index contributed by atoms with van der Waals surface area (Å²) < 4.78 is 10.2. The third kappa shape index (κ3) is 5.14. The third-order valence-corrected chi connectivity index (χ3v) is 6.66. The topological polar surface area (TPSA) is 98.5 Å². The molecule has 1 N–H and O–H groups in total. The number of methoxy groups -OCH3 is 1. The zero-order chi connectivity index (χ0) is 21.7. The van der Waals surface area contributed by atoms with Gasteiger partial charge in [-0.1, -0.05) is 5.16 Å². The molecule has 0 bridgehead atoms. The number of hydrogen-bond donors (Lipinski definition) is 1. The molecule has 0 aliphatic carbocycles. The zero-order valence-corrected chi connectivity index (χ0v) is 18.5. The van der Waals surface area contributed by atoms with Crippen LogP contribution in [0.1, 0.15) is 45.8 Å². The average molecular weight is 435 g/mol. The van der Waals surface area contributed by atoms with Gasteiger partial charge in [0, 0.05) is 5.56 Å². The van der Waals surface area contributed by atoms with Crippen molar-refractivity contribution < 1.29 is 28.1 Å². The van der Waals surface area contributed by atoms with Crippen molar-refractivity contribution in [1.82, 2.24) is 5.16 Å². The van der Waals surface area contributed by atoms with Crippen molar-refractivity contribution in [3.63, 3.8) is 0 Å². The minimum atomic E-state index is -0.469. The maximum Gasteiger partial charge on any atom is 0.350 e. The fourth-order valence-electron chi connectivity index (χ4n) is 3.98. The number of likely N-dealkylation sites (tertiary alicyclic amines) is 1. The Bertz CT molecular complexity index is 927. The summed E-state index contributed by atoms with van der Waals surface area (Å²) >= 11 is 1.25. The Kier molecular flexibility index (Phi) is 7.04. The van der Waals surface area contributed by atoms with Gasteiger partial charge in [-0.05, 0) is 44.1 Å². The van der Waals surface area contributed by atoms with Crippen LogP contribution in [0.25, 0.3) is 0 Å². The van der Waals surface area contributed by atoms with Gasteiger partial charge >= 0.3 is 5.97 Å². The van der Waals surface area contributed by atoms with Gasteiger partial charge in [0.1, 0.15) is 17.7 Å². The molecule has 1 amide bonds. The van der Waals surface area contributed by atoms with E-state index in [1.54, 1.807) is 0 Å². The number of carbonyl (C=O) groups excluding carboxylic acids is 3. The number of ketones is 1. The molecule has 3 heterocycles. The molecule has 1 aliphatic rings. The van der Waals surface area contributed by atoms with Gasteiger partial charge in [0.15, 0.2) is 12.3 Å². The Hall–Kier alpha value is -2.52. The maximum atomic E-state index is 12.9. The van der Waals surface area contributed by atoms with Crippen LogP contribution in [-0.2, 0) is 20.7 Å². The van der Waals surface area contributed by atoms with Gasteiger partial charge in [-0.2, -0.15) is 0 Å². The lowest BCUT2D eigenvalue weighted by Gasteiger charge is -2.40. The van der Waals surface area contributed by atoms with E-state index in [9.17, 15) is 14.4 Å². The molecular formula is C21H28N3O5S+. The van der Waals surface area contributed by atoms with E-state index in [1.807, 2.05) is 19.2 Å². The van der Waals surface area contributed by atoms with E-state index < -0.39 is 5.97 Å². The first-order chi connectivity index (χ1) is 14.3. The lowest BCUT2D eigenvalue weighted by molar-refractivity contribution is -0.917. The molecule has 1 saturated heterocycles. The lowest BCUT2D eigenvalue weighted by Crippen LogP contribution is -2.57. The van der Waals surface area contributed by atoms with Gasteiger partial charge < -0.3 is 19.1 Å². The first-order valence-corrected chi connectivity index (χ1v) is 10.9. The number of anilines is 1. The largest absolute Gasteiger partial charge is 0.465 e. The number of esters is 1. The molecule has 0 radical (unpaired) electrons. The summed E-state index contributed by atoms with van der Waals surface area (Å²) in [6, 6.07) is 0. The Morgan fingerprint density at radius 1 is 1.17 bits per heavy atom. The predicted octanol–water partition coefficient (Wildman–Crippen LogP) is 2.89. The van der Waals surface area contributed by atoms with Crippen LogP contribution in [0.3, 0.4) is 0 Å². The van der Waals surface area contributed by atoms with Crippen molar-refractivity contribution in [2.24, 2.45) is 0 Å². The normalized spacial score (nSPS) is 15.6. The van der Waals surface area contributed by atoms with Crippen molar-refractivity contribution in [3.05, 3.63) is 33.3 Å². The number of amides is 1. The number of quaternary nitrogens is 1. The standard InChI is InChI=1S/C21H27N3O5S/c1-14-12-29-23-17(14)9-16(25)10-24(7-5-4-6-8-24)11-18(26)22-19-15(2)13-30-20(19)21(27)28-3/h12-13H,4-11H2,1-3H3/p+1. The Balaban J connectivity index is 1.71. The quantitative estimate of drug-likeness (QED) is 0.507. The molecule has 2 aromatic heterocycles. The number of thiophene rings is 1. The van der Waals surface area contributed by atoms with Crippen molar-refractivity contribution in [1.29, 1.82) is 0 Å². The van der Waals surface area contributed by atoms with Crippen LogP contribution in [0.2, 0.25) is 0 Å². The van der Waals surface area contributed by atoms with Crippen molar-refractivity contribution in [2.75, 3.05) is 38.6 Å². The average Bonchev–Trinajstić information content (AvgIpc) is 3.27. The second-order valence-electron chi connectivity index (χ2n) is 7.99. The number of rotatable bonds is 8. The van der Waals surface area contributed by atoms with Crippen LogP contribution in [0, 0.1) is 13.8 Å². The van der Waals surface area contributed by atoms with Crippen LogP contribution in [-0.4, -0.2) is 60.6 Å². The highest BCUT2D eigenvalue weighted by molar-refractivity contribution is 7.12. The molecule has 2 aromatic rings. The van der Waals surface area contributed by atoms with Gasteiger partial charge in [0.05, 0.1) is 38.0 Å². The molecule has 0 saturated carbocycles. The van der Waals surface area contributed by atoms with Gasteiger partial charge in [-0.15, -0.1) is 11.3 Å². The van der Waals surface area contributed by atoms with Crippen LogP contribution in [0.4, 0.5) is 5.69 Å². The Labute approximate surface area is 179 Å².